The van der Waals surface area contributed by atoms with Crippen LogP contribution in [0.3, 0.4) is 0 Å². The van der Waals surface area contributed by atoms with Gasteiger partial charge in [0.1, 0.15) is 69.3 Å². The number of hydrogen-bond donors (Lipinski definition) is 6. The summed E-state index contributed by atoms with van der Waals surface area (Å²) < 4.78 is 27.9. The Balaban J connectivity index is 0.000000263. The highest BCUT2D eigenvalue weighted by atomic mass is 32.1. The minimum absolute atomic E-state index is 0. The van der Waals surface area contributed by atoms with Gasteiger partial charge in [0.25, 0.3) is 0 Å². The molecule has 0 bridgehead atoms. The fourth-order valence-electron chi connectivity index (χ4n) is 16.4. The van der Waals surface area contributed by atoms with E-state index >= 15 is 0 Å². The molecule has 9 atom stereocenters. The number of carbonyl (C=O) groups excluding carboxylic acids is 7. The molecule has 29 heteroatoms. The molecule has 3 heterocycles. The molecule has 0 spiro atoms. The van der Waals surface area contributed by atoms with E-state index in [1.165, 1.54) is 0 Å². The number of carboxylic acids is 1. The highest BCUT2D eigenvalue weighted by Crippen LogP contribution is 2.47. The Hall–Kier alpha value is -9.61. The van der Waals surface area contributed by atoms with Crippen LogP contribution in [0.2, 0.25) is 0 Å². The highest BCUT2D eigenvalue weighted by Gasteiger charge is 2.45. The molecule has 3 aliphatic carbocycles. The maximum Gasteiger partial charge on any atom is 0.407 e. The number of nitrogens with one attached hydrogen (secondary N) is 3. The van der Waals surface area contributed by atoms with Crippen molar-refractivity contribution in [2.75, 3.05) is 39.5 Å². The van der Waals surface area contributed by atoms with E-state index in [2.05, 4.69) is 82.7 Å². The van der Waals surface area contributed by atoms with Crippen LogP contribution in [0, 0.1) is 11.3 Å². The topological polar surface area (TPSA) is 325 Å². The van der Waals surface area contributed by atoms with E-state index in [0.29, 0.717) is 51.7 Å². The predicted molar refractivity (Wildman–Crippen MR) is 470 cm³/mol. The van der Waals surface area contributed by atoms with Gasteiger partial charge >= 0.3 is 36.2 Å². The first-order valence-electron chi connectivity index (χ1n) is 37.1. The van der Waals surface area contributed by atoms with Crippen molar-refractivity contribution >= 4 is 129 Å². The van der Waals surface area contributed by atoms with Crippen molar-refractivity contribution in [1.29, 1.82) is 5.26 Å². The zero-order valence-corrected chi connectivity index (χ0v) is 70.2. The molecule has 0 radical (unpaired) electrons. The second kappa shape index (κ2) is 44.5. The number of carboxylic acid groups (broad SMARTS) is 1. The lowest BCUT2D eigenvalue weighted by Crippen LogP contribution is -2.59. The molecule has 0 aromatic heterocycles. The van der Waals surface area contributed by atoms with E-state index in [-0.39, 0.29) is 138 Å². The van der Waals surface area contributed by atoms with Gasteiger partial charge in [-0.15, -0.1) is 0 Å². The third-order valence-electron chi connectivity index (χ3n) is 21.4. The summed E-state index contributed by atoms with van der Waals surface area (Å²) in [6, 6.07) is 63.5. The Bertz CT molecular complexity index is 4530. The summed E-state index contributed by atoms with van der Waals surface area (Å²) >= 11 is 0. The maximum atomic E-state index is 12.9. The maximum absolute atomic E-state index is 12.9. The number of fused-ring (bicyclic) bond motifs is 9. The quantitative estimate of drug-likeness (QED) is 0.0242. The zero-order valence-electron chi connectivity index (χ0n) is 64.2. The van der Waals surface area contributed by atoms with Crippen molar-refractivity contribution in [1.82, 2.24) is 30.7 Å². The highest BCUT2D eigenvalue weighted by molar-refractivity contribution is 7.60. The summed E-state index contributed by atoms with van der Waals surface area (Å²) in [7, 11) is 0. The summed E-state index contributed by atoms with van der Waals surface area (Å²) in [5, 5.41) is 27.7. The smallest absolute Gasteiger partial charge is 0.407 e. The molecular formula is C86H103N9O14S6. The number of alkyl carbamates (subject to hydrolysis) is 3. The van der Waals surface area contributed by atoms with Crippen molar-refractivity contribution in [3.8, 4) is 39.4 Å². The Morgan fingerprint density at radius 2 is 0.652 bits per heavy atom. The standard InChI is InChI=1S/C31H33N3O5.C31H31N3O4.C24H27N3O5.6H2S/c1-20(28(29(32)35)34-17-9-16-27(34)30(36)38-18-21-10-3-2-4-11-21)33-31(37)39-19-26-24-14-7-5-12-22(24)23-13-6-8-15-25(23)26;1-21(29(18-32)34-17-9-16-28(34)30(35)37-19-22-10-3-2-4-11-22)33-31(36)38-20-27-25-14-7-5-12-23(25)24-13-6-8-15-26(24)27;1-14(21(22(25)28)27-12-6-11-20(27)23(29)30)26-24(31)32-13-19-17-9-4-2-7-15(17)16-8-3-5-10-18(16)19;;;;;;/h2-8,10-15,20,26-28H,9,16-19H2,1H3,(H2,32,35)(H,33,37);2-8,10-15,21,27-29H,9,16-17,19-20H2,1H3,(H,33,36);2-5,7-10,14,19-21H,6,11-13H2,1H3,(H2,25,28)(H,26,31)(H,29,30);6*1H2/t20-,27-,28?;21-,28-,29?;14-,20-,21?;;;;;;/m000....../s1. The first-order valence-corrected chi connectivity index (χ1v) is 37.1. The SMILES string of the molecule is C[C@H](NC(=O)OCC1c2ccccc2-c2ccccc21)C(C#N)N1CCC[C@H]1C(=O)OCc1ccccc1.C[C@H](NC(=O)OCC1c2ccccc2-c2ccccc21)C(C(N)=O)N1CCC[C@H]1C(=O)O.C[C@H](NC(=O)OCC1c2ccccc2-c2ccccc21)C(C(N)=O)N1CCC[C@H]1C(=O)OCc1ccccc1.S.S.S.S.S.S. The van der Waals surface area contributed by atoms with Crippen LogP contribution in [-0.2, 0) is 60.9 Å². The van der Waals surface area contributed by atoms with Gasteiger partial charge < -0.3 is 56.2 Å². The van der Waals surface area contributed by atoms with E-state index in [9.17, 15) is 48.7 Å². The number of nitrogens with two attached hydrogens (primary N) is 2. The average Bonchev–Trinajstić information content (AvgIpc) is 1.62. The van der Waals surface area contributed by atoms with Gasteiger partial charge in [-0.1, -0.05) is 206 Å². The van der Waals surface area contributed by atoms with Crippen LogP contribution in [0.1, 0.15) is 122 Å². The third kappa shape index (κ3) is 22.3. The number of rotatable bonds is 24. The number of likely N-dealkylation sites (tertiary alicyclic amines) is 3. The van der Waals surface area contributed by atoms with Crippen molar-refractivity contribution in [3.05, 3.63) is 251 Å². The lowest BCUT2D eigenvalue weighted by molar-refractivity contribution is -0.152. The number of ether oxygens (including phenoxy) is 5. The number of carbonyl (C=O) groups is 8. The van der Waals surface area contributed by atoms with E-state index in [1.807, 2.05) is 150 Å². The molecule has 8 N–H and O–H groups in total. The van der Waals surface area contributed by atoms with Gasteiger partial charge in [-0.3, -0.25) is 38.7 Å². The lowest BCUT2D eigenvalue weighted by atomic mass is 9.98. The lowest BCUT2D eigenvalue weighted by Gasteiger charge is -2.33. The first-order chi connectivity index (χ1) is 52.9. The molecule has 8 aromatic rings. The summed E-state index contributed by atoms with van der Waals surface area (Å²) in [6.07, 6.45) is 1.86. The zero-order chi connectivity index (χ0) is 76.7. The van der Waals surface area contributed by atoms with E-state index in [1.54, 1.807) is 30.6 Å². The number of amides is 5. The molecule has 14 rings (SSSR count). The summed E-state index contributed by atoms with van der Waals surface area (Å²) in [6.45, 7) is 7.45. The number of esters is 2. The summed E-state index contributed by atoms with van der Waals surface area (Å²) in [5.74, 6) is -3.25. The van der Waals surface area contributed by atoms with Crippen LogP contribution in [0.15, 0.2) is 206 Å². The van der Waals surface area contributed by atoms with Crippen molar-refractivity contribution in [2.24, 2.45) is 11.5 Å². The molecule has 3 fully saturated rings. The largest absolute Gasteiger partial charge is 0.480 e. The molecule has 5 amide bonds. The van der Waals surface area contributed by atoms with Crippen LogP contribution in [-0.4, -0.2) is 162 Å². The minimum Gasteiger partial charge on any atom is -0.480 e. The van der Waals surface area contributed by atoms with Crippen LogP contribution < -0.4 is 27.4 Å². The minimum atomic E-state index is -0.998. The number of primary amides is 2. The molecule has 612 valence electrons. The van der Waals surface area contributed by atoms with Crippen molar-refractivity contribution in [2.45, 2.75) is 145 Å². The number of benzene rings is 8. The fourth-order valence-corrected chi connectivity index (χ4v) is 16.4. The first kappa shape index (κ1) is 94.2. The number of nitriles is 1. The van der Waals surface area contributed by atoms with Crippen LogP contribution in [0.4, 0.5) is 14.4 Å². The second-order valence-corrected chi connectivity index (χ2v) is 28.3. The van der Waals surface area contributed by atoms with E-state index in [0.717, 1.165) is 84.3 Å². The Morgan fingerprint density at radius 3 is 0.948 bits per heavy atom. The Kier molecular flexibility index (Phi) is 36.5. The Labute approximate surface area is 712 Å². The van der Waals surface area contributed by atoms with Crippen molar-refractivity contribution in [3.63, 3.8) is 0 Å². The molecular weight excluding hydrogens is 1580 g/mol. The monoisotopic (exact) mass is 1680 g/mol. The predicted octanol–water partition coefficient (Wildman–Crippen LogP) is 12.0. The molecule has 23 nitrogen and oxygen atoms in total. The average molecular weight is 1680 g/mol. The van der Waals surface area contributed by atoms with E-state index in [4.69, 9.17) is 35.2 Å². The van der Waals surface area contributed by atoms with Crippen molar-refractivity contribution < 1.29 is 67.1 Å². The van der Waals surface area contributed by atoms with Gasteiger partial charge in [0, 0.05) is 24.3 Å². The number of aliphatic carboxylic acids is 1. The van der Waals surface area contributed by atoms with Crippen LogP contribution in [0.25, 0.3) is 33.4 Å². The van der Waals surface area contributed by atoms with Gasteiger partial charge in [-0.25, -0.2) is 14.4 Å². The second-order valence-electron chi connectivity index (χ2n) is 28.3. The van der Waals surface area contributed by atoms with E-state index < -0.39 is 96.4 Å². The van der Waals surface area contributed by atoms with Gasteiger partial charge in [0.2, 0.25) is 11.8 Å². The Morgan fingerprint density at radius 1 is 0.391 bits per heavy atom. The third-order valence-corrected chi connectivity index (χ3v) is 21.4. The fraction of sp³-hybridized carbons (Fsp3) is 0.337. The number of hydrogen-bond acceptors (Lipinski definition) is 17. The molecule has 8 aromatic carbocycles. The number of nitrogens with zero attached hydrogens (tertiary/aromatic N) is 4. The van der Waals surface area contributed by atoms with Crippen LogP contribution >= 0.6 is 81.0 Å². The summed E-state index contributed by atoms with van der Waals surface area (Å²) in [5.41, 5.74) is 26.7. The molecule has 3 aliphatic heterocycles. The normalized spacial score (nSPS) is 17.5. The molecule has 6 aliphatic rings. The molecule has 0 saturated carbocycles. The van der Waals surface area contributed by atoms with Gasteiger partial charge in [0.05, 0.1) is 24.2 Å². The van der Waals surface area contributed by atoms with Crippen LogP contribution in [0.5, 0.6) is 0 Å². The van der Waals surface area contributed by atoms with Gasteiger partial charge in [-0.05, 0) is 150 Å². The molecule has 3 saturated heterocycles. The van der Waals surface area contributed by atoms with Gasteiger partial charge in [0.15, 0.2) is 0 Å². The molecule has 115 heavy (non-hydrogen) atoms. The van der Waals surface area contributed by atoms with Gasteiger partial charge in [-0.2, -0.15) is 86.2 Å². The summed E-state index contributed by atoms with van der Waals surface area (Å²) in [4.78, 5) is 105. The molecule has 3 unspecified atom stereocenters.